The Hall–Kier alpha value is -0.960. The standard InChI is InChI=1S/C12H19N3/c1-9-2-4-10(5-3-9)12(13)11-8-14-6-7-15-11/h6-10,12H,2-5,13H2,1H3. The zero-order chi connectivity index (χ0) is 10.7. The van der Waals surface area contributed by atoms with Crippen molar-refractivity contribution in [3.05, 3.63) is 24.3 Å². The maximum absolute atomic E-state index is 6.21. The molecule has 82 valence electrons. The van der Waals surface area contributed by atoms with E-state index in [0.29, 0.717) is 5.92 Å². The number of aromatic nitrogens is 2. The maximum atomic E-state index is 6.21. The average molecular weight is 205 g/mol. The minimum Gasteiger partial charge on any atom is -0.322 e. The van der Waals surface area contributed by atoms with Crippen LogP contribution in [-0.2, 0) is 0 Å². The summed E-state index contributed by atoms with van der Waals surface area (Å²) >= 11 is 0. The van der Waals surface area contributed by atoms with E-state index in [9.17, 15) is 0 Å². The molecule has 1 aliphatic rings. The van der Waals surface area contributed by atoms with Crippen LogP contribution in [0.4, 0.5) is 0 Å². The Labute approximate surface area is 91.1 Å². The molecule has 2 N–H and O–H groups in total. The lowest BCUT2D eigenvalue weighted by Gasteiger charge is -2.30. The highest BCUT2D eigenvalue weighted by molar-refractivity contribution is 5.03. The van der Waals surface area contributed by atoms with E-state index in [0.717, 1.165) is 11.6 Å². The predicted octanol–water partition coefficient (Wildman–Crippen LogP) is 2.30. The van der Waals surface area contributed by atoms with Gasteiger partial charge in [0.15, 0.2) is 0 Å². The molecule has 0 saturated heterocycles. The molecule has 1 aromatic rings. The highest BCUT2D eigenvalue weighted by atomic mass is 14.8. The van der Waals surface area contributed by atoms with Gasteiger partial charge >= 0.3 is 0 Å². The summed E-state index contributed by atoms with van der Waals surface area (Å²) < 4.78 is 0. The van der Waals surface area contributed by atoms with Crippen LogP contribution in [0.5, 0.6) is 0 Å². The third kappa shape index (κ3) is 2.53. The number of hydrogen-bond donors (Lipinski definition) is 1. The monoisotopic (exact) mass is 205 g/mol. The normalized spacial score (nSPS) is 28.7. The van der Waals surface area contributed by atoms with Crippen molar-refractivity contribution in [2.24, 2.45) is 17.6 Å². The molecule has 1 aliphatic carbocycles. The van der Waals surface area contributed by atoms with E-state index < -0.39 is 0 Å². The molecule has 0 aliphatic heterocycles. The molecule has 2 rings (SSSR count). The fraction of sp³-hybridized carbons (Fsp3) is 0.667. The summed E-state index contributed by atoms with van der Waals surface area (Å²) in [4.78, 5) is 8.36. The van der Waals surface area contributed by atoms with Crippen molar-refractivity contribution < 1.29 is 0 Å². The molecule has 3 heteroatoms. The lowest BCUT2D eigenvalue weighted by Crippen LogP contribution is -2.26. The van der Waals surface area contributed by atoms with Gasteiger partial charge in [0.05, 0.1) is 11.7 Å². The van der Waals surface area contributed by atoms with Crippen LogP contribution >= 0.6 is 0 Å². The zero-order valence-corrected chi connectivity index (χ0v) is 9.26. The minimum atomic E-state index is 0.0752. The summed E-state index contributed by atoms with van der Waals surface area (Å²) in [5.74, 6) is 1.47. The van der Waals surface area contributed by atoms with Crippen LogP contribution in [0.2, 0.25) is 0 Å². The molecule has 1 saturated carbocycles. The first kappa shape index (κ1) is 10.6. The highest BCUT2D eigenvalue weighted by Gasteiger charge is 2.25. The topological polar surface area (TPSA) is 51.8 Å². The zero-order valence-electron chi connectivity index (χ0n) is 9.26. The molecular weight excluding hydrogens is 186 g/mol. The molecular formula is C12H19N3. The summed E-state index contributed by atoms with van der Waals surface area (Å²) in [5, 5.41) is 0. The first-order valence-electron chi connectivity index (χ1n) is 5.79. The maximum Gasteiger partial charge on any atom is 0.0756 e. The Kier molecular flexibility index (Phi) is 3.31. The van der Waals surface area contributed by atoms with Gasteiger partial charge in [-0.2, -0.15) is 0 Å². The molecule has 1 aromatic heterocycles. The molecule has 1 atom stereocenters. The summed E-state index contributed by atoms with van der Waals surface area (Å²) in [6.45, 7) is 2.32. The van der Waals surface area contributed by atoms with E-state index in [1.54, 1.807) is 18.6 Å². The second kappa shape index (κ2) is 4.71. The number of nitrogens with zero attached hydrogens (tertiary/aromatic N) is 2. The van der Waals surface area contributed by atoms with E-state index in [-0.39, 0.29) is 6.04 Å². The molecule has 1 unspecified atom stereocenters. The number of rotatable bonds is 2. The van der Waals surface area contributed by atoms with Gasteiger partial charge in [0.2, 0.25) is 0 Å². The van der Waals surface area contributed by atoms with Crippen LogP contribution in [0, 0.1) is 11.8 Å². The molecule has 1 fully saturated rings. The second-order valence-electron chi connectivity index (χ2n) is 4.68. The first-order valence-corrected chi connectivity index (χ1v) is 5.79. The van der Waals surface area contributed by atoms with Gasteiger partial charge in [-0.15, -0.1) is 0 Å². The molecule has 1 heterocycles. The van der Waals surface area contributed by atoms with Gasteiger partial charge in [0.25, 0.3) is 0 Å². The van der Waals surface area contributed by atoms with Crippen LogP contribution in [0.15, 0.2) is 18.6 Å². The van der Waals surface area contributed by atoms with E-state index >= 15 is 0 Å². The summed E-state index contributed by atoms with van der Waals surface area (Å²) in [6.07, 6.45) is 10.3. The lowest BCUT2D eigenvalue weighted by atomic mass is 9.79. The van der Waals surface area contributed by atoms with Crippen LogP contribution in [0.25, 0.3) is 0 Å². The van der Waals surface area contributed by atoms with Crippen LogP contribution in [0.1, 0.15) is 44.3 Å². The fourth-order valence-corrected chi connectivity index (χ4v) is 2.37. The van der Waals surface area contributed by atoms with Crippen molar-refractivity contribution >= 4 is 0 Å². The molecule has 0 spiro atoms. The van der Waals surface area contributed by atoms with Crippen LogP contribution in [-0.4, -0.2) is 9.97 Å². The molecule has 15 heavy (non-hydrogen) atoms. The van der Waals surface area contributed by atoms with Crippen molar-refractivity contribution in [3.8, 4) is 0 Å². The SMILES string of the molecule is CC1CCC(C(N)c2cnccn2)CC1. The third-order valence-electron chi connectivity index (χ3n) is 3.49. The van der Waals surface area contributed by atoms with Crippen molar-refractivity contribution in [3.63, 3.8) is 0 Å². The van der Waals surface area contributed by atoms with E-state index in [2.05, 4.69) is 16.9 Å². The molecule has 0 bridgehead atoms. The van der Waals surface area contributed by atoms with E-state index in [1.165, 1.54) is 25.7 Å². The predicted molar refractivity (Wildman–Crippen MR) is 60.1 cm³/mol. The number of hydrogen-bond acceptors (Lipinski definition) is 3. The minimum absolute atomic E-state index is 0.0752. The van der Waals surface area contributed by atoms with Gasteiger partial charge in [0.1, 0.15) is 0 Å². The Morgan fingerprint density at radius 1 is 1.27 bits per heavy atom. The van der Waals surface area contributed by atoms with Gasteiger partial charge in [-0.25, -0.2) is 0 Å². The van der Waals surface area contributed by atoms with E-state index in [4.69, 9.17) is 5.73 Å². The van der Waals surface area contributed by atoms with Gasteiger partial charge in [-0.1, -0.05) is 19.8 Å². The fourth-order valence-electron chi connectivity index (χ4n) is 2.37. The molecule has 0 aromatic carbocycles. The van der Waals surface area contributed by atoms with Crippen molar-refractivity contribution in [1.29, 1.82) is 0 Å². The summed E-state index contributed by atoms with van der Waals surface area (Å²) in [5.41, 5.74) is 7.15. The quantitative estimate of drug-likeness (QED) is 0.806. The average Bonchev–Trinajstić information content (AvgIpc) is 2.30. The van der Waals surface area contributed by atoms with Crippen LogP contribution in [0.3, 0.4) is 0 Å². The van der Waals surface area contributed by atoms with E-state index in [1.807, 2.05) is 0 Å². The van der Waals surface area contributed by atoms with Gasteiger partial charge in [-0.3, -0.25) is 9.97 Å². The highest BCUT2D eigenvalue weighted by Crippen LogP contribution is 2.34. The van der Waals surface area contributed by atoms with Crippen LogP contribution < -0.4 is 5.73 Å². The van der Waals surface area contributed by atoms with Gasteiger partial charge < -0.3 is 5.73 Å². The number of nitrogens with two attached hydrogens (primary N) is 1. The molecule has 0 radical (unpaired) electrons. The largest absolute Gasteiger partial charge is 0.322 e. The van der Waals surface area contributed by atoms with Crippen molar-refractivity contribution in [2.75, 3.05) is 0 Å². The van der Waals surface area contributed by atoms with Crippen molar-refractivity contribution in [2.45, 2.75) is 38.6 Å². The first-order chi connectivity index (χ1) is 7.27. The Bertz CT molecular complexity index is 291. The Balaban J connectivity index is 1.99. The lowest BCUT2D eigenvalue weighted by molar-refractivity contribution is 0.253. The summed E-state index contributed by atoms with van der Waals surface area (Å²) in [6, 6.07) is 0.0752. The van der Waals surface area contributed by atoms with Gasteiger partial charge in [-0.05, 0) is 24.7 Å². The Morgan fingerprint density at radius 3 is 2.60 bits per heavy atom. The van der Waals surface area contributed by atoms with Crippen molar-refractivity contribution in [1.82, 2.24) is 9.97 Å². The third-order valence-corrected chi connectivity index (χ3v) is 3.49. The molecule has 3 nitrogen and oxygen atoms in total. The summed E-state index contributed by atoms with van der Waals surface area (Å²) in [7, 11) is 0. The Morgan fingerprint density at radius 2 is 2.00 bits per heavy atom. The second-order valence-corrected chi connectivity index (χ2v) is 4.68. The molecule has 0 amide bonds. The smallest absolute Gasteiger partial charge is 0.0756 e. The van der Waals surface area contributed by atoms with Gasteiger partial charge in [0, 0.05) is 18.6 Å².